The number of ether oxygens (including phenoxy) is 1. The first kappa shape index (κ1) is 21.2. The monoisotopic (exact) mass is 488 g/mol. The molecule has 1 fully saturated rings. The van der Waals surface area contributed by atoms with Crippen LogP contribution >= 0.6 is 28.6 Å². The van der Waals surface area contributed by atoms with Crippen LogP contribution in [0.2, 0.25) is 0 Å². The second kappa shape index (κ2) is 8.59. The number of nitrogens with two attached hydrogens (primary N) is 1. The fourth-order valence-corrected chi connectivity index (χ4v) is 5.57. The summed E-state index contributed by atoms with van der Waals surface area (Å²) in [5.41, 5.74) is 7.61. The van der Waals surface area contributed by atoms with Crippen LogP contribution in [0.3, 0.4) is 0 Å². The lowest BCUT2D eigenvalue weighted by molar-refractivity contribution is 0.0150. The van der Waals surface area contributed by atoms with Crippen molar-refractivity contribution in [1.82, 2.24) is 10.3 Å². The number of carbonyl (C=O) groups is 1. The lowest BCUT2D eigenvalue weighted by atomic mass is 9.67. The smallest absolute Gasteiger partial charge is 0.251 e. The number of hydrogen-bond donors (Lipinski definition) is 3. The van der Waals surface area contributed by atoms with E-state index < -0.39 is 5.54 Å². The van der Waals surface area contributed by atoms with E-state index in [1.165, 1.54) is 6.34 Å². The zero-order chi connectivity index (χ0) is 21.3. The van der Waals surface area contributed by atoms with Gasteiger partial charge < -0.3 is 15.8 Å². The number of nitrogens with one attached hydrogen (secondary N) is 1. The van der Waals surface area contributed by atoms with Gasteiger partial charge in [0.25, 0.3) is 5.91 Å². The number of nitrogens with zero attached hydrogens (tertiary/aromatic N) is 2. The number of thiol groups is 1. The number of hydrogen-bond acceptors (Lipinski definition) is 5. The van der Waals surface area contributed by atoms with Gasteiger partial charge in [-0.1, -0.05) is 15.9 Å². The van der Waals surface area contributed by atoms with Crippen molar-refractivity contribution in [2.24, 2.45) is 16.6 Å². The molecule has 1 aliphatic carbocycles. The zero-order valence-electron chi connectivity index (χ0n) is 16.7. The third-order valence-electron chi connectivity index (χ3n) is 6.13. The van der Waals surface area contributed by atoms with E-state index in [2.05, 4.69) is 26.2 Å². The molecule has 30 heavy (non-hydrogen) atoms. The number of aliphatic imine (C=N–C) groups is 1. The lowest BCUT2D eigenvalue weighted by Gasteiger charge is -2.49. The molecule has 6 nitrogen and oxygen atoms in total. The summed E-state index contributed by atoms with van der Waals surface area (Å²) < 4.78 is 7.31. The molecular weight excluding hydrogens is 464 g/mol. The molecule has 1 saturated carbocycles. The minimum absolute atomic E-state index is 0.00541. The molecule has 8 heteroatoms. The minimum atomic E-state index is -0.601. The van der Waals surface area contributed by atoms with E-state index in [0.29, 0.717) is 11.3 Å². The number of carbonyl (C=O) groups excluding carboxylic acids is 1. The van der Waals surface area contributed by atoms with Gasteiger partial charge in [-0.25, -0.2) is 0 Å². The SMILES string of the molecule is Cc1cc(C(=O)NC2CCC3Oc4ccc(Br)cc4C(CS)(N=CN)C3C2)ccn1. The van der Waals surface area contributed by atoms with Gasteiger partial charge in [0.2, 0.25) is 0 Å². The van der Waals surface area contributed by atoms with Crippen molar-refractivity contribution in [1.29, 1.82) is 0 Å². The summed E-state index contributed by atoms with van der Waals surface area (Å²) >= 11 is 8.25. The second-order valence-corrected chi connectivity index (χ2v) is 9.17. The molecule has 1 aromatic heterocycles. The molecule has 2 heterocycles. The molecule has 4 unspecified atom stereocenters. The van der Waals surface area contributed by atoms with E-state index in [9.17, 15) is 4.79 Å². The number of aryl methyl sites for hydroxylation is 1. The van der Waals surface area contributed by atoms with E-state index in [4.69, 9.17) is 28.1 Å². The highest BCUT2D eigenvalue weighted by Gasteiger charge is 2.52. The topological polar surface area (TPSA) is 89.6 Å². The Morgan fingerprint density at radius 1 is 1.43 bits per heavy atom. The van der Waals surface area contributed by atoms with Gasteiger partial charge in [-0.2, -0.15) is 12.6 Å². The van der Waals surface area contributed by atoms with Gasteiger partial charge in [0, 0.05) is 45.2 Å². The molecule has 4 atom stereocenters. The van der Waals surface area contributed by atoms with Crippen molar-refractivity contribution in [3.8, 4) is 5.75 Å². The number of halogens is 1. The molecule has 1 aliphatic heterocycles. The molecule has 1 amide bonds. The third-order valence-corrected chi connectivity index (χ3v) is 7.10. The molecule has 2 aromatic rings. The first-order chi connectivity index (χ1) is 14.5. The maximum atomic E-state index is 12.8. The Hall–Kier alpha value is -2.06. The average molecular weight is 489 g/mol. The molecular formula is C22H25BrN4O2S. The minimum Gasteiger partial charge on any atom is -0.490 e. The molecule has 2 aliphatic rings. The van der Waals surface area contributed by atoms with Crippen LogP contribution in [-0.4, -0.2) is 35.1 Å². The fourth-order valence-electron chi connectivity index (χ4n) is 4.72. The number of benzene rings is 1. The Morgan fingerprint density at radius 3 is 3.00 bits per heavy atom. The number of rotatable bonds is 4. The Morgan fingerprint density at radius 2 is 2.27 bits per heavy atom. The Kier molecular flexibility index (Phi) is 6.06. The van der Waals surface area contributed by atoms with E-state index in [-0.39, 0.29) is 24.0 Å². The summed E-state index contributed by atoms with van der Waals surface area (Å²) in [5.74, 6) is 1.30. The van der Waals surface area contributed by atoms with Gasteiger partial charge in [-0.05, 0) is 56.5 Å². The maximum absolute atomic E-state index is 12.8. The summed E-state index contributed by atoms with van der Waals surface area (Å²) in [6.45, 7) is 1.88. The van der Waals surface area contributed by atoms with Crippen molar-refractivity contribution in [2.75, 3.05) is 5.75 Å². The van der Waals surface area contributed by atoms with Crippen LogP contribution in [0.15, 0.2) is 46.0 Å². The third kappa shape index (κ3) is 3.83. The highest BCUT2D eigenvalue weighted by atomic mass is 79.9. The van der Waals surface area contributed by atoms with Gasteiger partial charge in [-0.15, -0.1) is 0 Å². The van der Waals surface area contributed by atoms with Crippen molar-refractivity contribution in [3.63, 3.8) is 0 Å². The van der Waals surface area contributed by atoms with E-state index in [1.54, 1.807) is 18.3 Å². The highest BCUT2D eigenvalue weighted by Crippen LogP contribution is 2.51. The summed E-state index contributed by atoms with van der Waals surface area (Å²) in [7, 11) is 0. The van der Waals surface area contributed by atoms with Gasteiger partial charge >= 0.3 is 0 Å². The molecule has 0 radical (unpaired) electrons. The molecule has 158 valence electrons. The lowest BCUT2D eigenvalue weighted by Crippen LogP contribution is -2.54. The van der Waals surface area contributed by atoms with Crippen LogP contribution in [0.1, 0.15) is 40.9 Å². The van der Waals surface area contributed by atoms with Gasteiger partial charge in [0.15, 0.2) is 0 Å². The van der Waals surface area contributed by atoms with E-state index in [1.807, 2.05) is 25.1 Å². The predicted molar refractivity (Wildman–Crippen MR) is 124 cm³/mol. The fraction of sp³-hybridized carbons (Fsp3) is 0.409. The van der Waals surface area contributed by atoms with Crippen LogP contribution in [-0.2, 0) is 5.54 Å². The van der Waals surface area contributed by atoms with Crippen molar-refractivity contribution < 1.29 is 9.53 Å². The average Bonchev–Trinajstić information content (AvgIpc) is 2.74. The zero-order valence-corrected chi connectivity index (χ0v) is 19.2. The van der Waals surface area contributed by atoms with Crippen LogP contribution < -0.4 is 15.8 Å². The number of fused-ring (bicyclic) bond motifs is 2. The van der Waals surface area contributed by atoms with Crippen LogP contribution in [0.5, 0.6) is 5.75 Å². The van der Waals surface area contributed by atoms with Crippen LogP contribution in [0.25, 0.3) is 0 Å². The molecule has 1 aromatic carbocycles. The van der Waals surface area contributed by atoms with Crippen molar-refractivity contribution in [2.45, 2.75) is 43.9 Å². The highest BCUT2D eigenvalue weighted by molar-refractivity contribution is 9.10. The first-order valence-electron chi connectivity index (χ1n) is 10.0. The molecule has 3 N–H and O–H groups in total. The van der Waals surface area contributed by atoms with Gasteiger partial charge in [0.05, 0.1) is 6.34 Å². The van der Waals surface area contributed by atoms with Crippen molar-refractivity contribution >= 4 is 40.8 Å². The number of aromatic nitrogens is 1. The Labute approximate surface area is 190 Å². The van der Waals surface area contributed by atoms with Gasteiger partial charge in [-0.3, -0.25) is 14.8 Å². The molecule has 0 bridgehead atoms. The molecule has 4 rings (SSSR count). The number of pyridine rings is 1. The largest absolute Gasteiger partial charge is 0.490 e. The Balaban J connectivity index is 1.62. The Bertz CT molecular complexity index is 985. The van der Waals surface area contributed by atoms with Crippen molar-refractivity contribution in [3.05, 3.63) is 57.8 Å². The standard InChI is InChI=1S/C22H25BrN4O2S/c1-13-8-14(6-7-25-13)21(28)27-16-3-5-20-18(10-16)22(11-30,26-12-24)17-9-15(23)2-4-19(17)29-20/h2,4,6-9,12,16,18,20,30H,3,5,10-11H2,1H3,(H2,24,26)(H,27,28). The summed E-state index contributed by atoms with van der Waals surface area (Å²) in [6.07, 6.45) is 5.45. The molecule has 0 saturated heterocycles. The predicted octanol–water partition coefficient (Wildman–Crippen LogP) is 3.62. The van der Waals surface area contributed by atoms with Crippen LogP contribution in [0, 0.1) is 12.8 Å². The maximum Gasteiger partial charge on any atom is 0.251 e. The van der Waals surface area contributed by atoms with Gasteiger partial charge in [0.1, 0.15) is 17.4 Å². The quantitative estimate of drug-likeness (QED) is 0.348. The van der Waals surface area contributed by atoms with Crippen LogP contribution in [0.4, 0.5) is 0 Å². The van der Waals surface area contributed by atoms with E-state index in [0.717, 1.165) is 40.7 Å². The normalized spacial score (nSPS) is 27.8. The number of amides is 1. The summed E-state index contributed by atoms with van der Waals surface area (Å²) in [6, 6.07) is 9.54. The summed E-state index contributed by atoms with van der Waals surface area (Å²) in [5, 5.41) is 3.20. The first-order valence-corrected chi connectivity index (χ1v) is 11.5. The second-order valence-electron chi connectivity index (χ2n) is 7.93. The summed E-state index contributed by atoms with van der Waals surface area (Å²) in [4.78, 5) is 21.7. The van der Waals surface area contributed by atoms with E-state index >= 15 is 0 Å². The molecule has 0 spiro atoms.